The molecule has 1 aromatic rings. The van der Waals surface area contributed by atoms with Gasteiger partial charge in [-0.25, -0.2) is 0 Å². The van der Waals surface area contributed by atoms with Crippen LogP contribution in [0, 0.1) is 12.3 Å². The number of hydrogen-bond acceptors (Lipinski definition) is 3. The van der Waals surface area contributed by atoms with Crippen LogP contribution in [0.25, 0.3) is 0 Å². The van der Waals surface area contributed by atoms with Crippen LogP contribution in [-0.2, 0) is 6.54 Å². The second-order valence-corrected chi connectivity index (χ2v) is 5.47. The van der Waals surface area contributed by atoms with Gasteiger partial charge in [0.1, 0.15) is 5.75 Å². The SMILES string of the molecule is COc1ccc(CNCC2(CN)CCC2)cc1C. The number of aryl methyl sites for hydroxylation is 1. The summed E-state index contributed by atoms with van der Waals surface area (Å²) in [7, 11) is 1.71. The second-order valence-electron chi connectivity index (χ2n) is 5.47. The van der Waals surface area contributed by atoms with Gasteiger partial charge in [0.2, 0.25) is 0 Å². The van der Waals surface area contributed by atoms with Gasteiger partial charge in [-0.2, -0.15) is 0 Å². The van der Waals surface area contributed by atoms with Gasteiger partial charge in [-0.1, -0.05) is 18.6 Å². The van der Waals surface area contributed by atoms with Crippen molar-refractivity contribution in [3.05, 3.63) is 29.3 Å². The third-order valence-electron chi connectivity index (χ3n) is 4.14. The highest BCUT2D eigenvalue weighted by Crippen LogP contribution is 2.39. The van der Waals surface area contributed by atoms with Gasteiger partial charge in [-0.05, 0) is 48.9 Å². The molecule has 1 fully saturated rings. The summed E-state index contributed by atoms with van der Waals surface area (Å²) in [6.07, 6.45) is 3.89. The number of hydrogen-bond donors (Lipinski definition) is 2. The molecule has 100 valence electrons. The van der Waals surface area contributed by atoms with Crippen molar-refractivity contribution in [2.45, 2.75) is 32.7 Å². The molecule has 0 amide bonds. The first kappa shape index (κ1) is 13.4. The molecule has 0 heterocycles. The minimum atomic E-state index is 0.377. The van der Waals surface area contributed by atoms with Crippen LogP contribution in [0.4, 0.5) is 0 Å². The summed E-state index contributed by atoms with van der Waals surface area (Å²) < 4.78 is 5.27. The molecule has 1 saturated carbocycles. The molecule has 0 atom stereocenters. The fraction of sp³-hybridized carbons (Fsp3) is 0.600. The van der Waals surface area contributed by atoms with E-state index in [9.17, 15) is 0 Å². The van der Waals surface area contributed by atoms with E-state index in [1.54, 1.807) is 7.11 Å². The van der Waals surface area contributed by atoms with E-state index in [1.807, 2.05) is 6.07 Å². The van der Waals surface area contributed by atoms with E-state index < -0.39 is 0 Å². The van der Waals surface area contributed by atoms with Crippen molar-refractivity contribution >= 4 is 0 Å². The zero-order chi connectivity index (χ0) is 13.0. The van der Waals surface area contributed by atoms with E-state index in [0.717, 1.165) is 25.4 Å². The molecular formula is C15H24N2O. The monoisotopic (exact) mass is 248 g/mol. The van der Waals surface area contributed by atoms with Crippen LogP contribution in [0.3, 0.4) is 0 Å². The number of nitrogens with one attached hydrogen (secondary N) is 1. The van der Waals surface area contributed by atoms with Gasteiger partial charge in [0, 0.05) is 13.1 Å². The van der Waals surface area contributed by atoms with Crippen molar-refractivity contribution in [2.75, 3.05) is 20.2 Å². The van der Waals surface area contributed by atoms with Gasteiger partial charge in [0.25, 0.3) is 0 Å². The molecule has 0 aromatic heterocycles. The van der Waals surface area contributed by atoms with Gasteiger partial charge in [0.15, 0.2) is 0 Å². The van der Waals surface area contributed by atoms with Crippen LogP contribution in [0.1, 0.15) is 30.4 Å². The van der Waals surface area contributed by atoms with Crippen LogP contribution in [0.15, 0.2) is 18.2 Å². The Kier molecular flexibility index (Phi) is 4.25. The van der Waals surface area contributed by atoms with Crippen molar-refractivity contribution in [3.8, 4) is 5.75 Å². The molecule has 1 aromatic carbocycles. The predicted molar refractivity (Wildman–Crippen MR) is 74.8 cm³/mol. The van der Waals surface area contributed by atoms with Crippen molar-refractivity contribution < 1.29 is 4.74 Å². The molecule has 1 aliphatic rings. The van der Waals surface area contributed by atoms with Gasteiger partial charge in [0.05, 0.1) is 7.11 Å². The molecule has 3 heteroatoms. The summed E-state index contributed by atoms with van der Waals surface area (Å²) >= 11 is 0. The lowest BCUT2D eigenvalue weighted by Gasteiger charge is -2.41. The number of ether oxygens (including phenoxy) is 1. The van der Waals surface area contributed by atoms with Gasteiger partial charge >= 0.3 is 0 Å². The minimum Gasteiger partial charge on any atom is -0.496 e. The fourth-order valence-electron chi connectivity index (χ4n) is 2.65. The van der Waals surface area contributed by atoms with Gasteiger partial charge < -0.3 is 15.8 Å². The molecule has 0 unspecified atom stereocenters. The highest BCUT2D eigenvalue weighted by molar-refractivity contribution is 5.36. The highest BCUT2D eigenvalue weighted by Gasteiger charge is 2.34. The first-order valence-corrected chi connectivity index (χ1v) is 6.73. The van der Waals surface area contributed by atoms with Gasteiger partial charge in [-0.3, -0.25) is 0 Å². The quantitative estimate of drug-likeness (QED) is 0.811. The summed E-state index contributed by atoms with van der Waals surface area (Å²) in [5.74, 6) is 0.955. The van der Waals surface area contributed by atoms with E-state index in [2.05, 4.69) is 24.4 Å². The number of methoxy groups -OCH3 is 1. The van der Waals surface area contributed by atoms with Crippen molar-refractivity contribution in [2.24, 2.45) is 11.1 Å². The summed E-state index contributed by atoms with van der Waals surface area (Å²) in [4.78, 5) is 0. The molecular weight excluding hydrogens is 224 g/mol. The average Bonchev–Trinajstić information content (AvgIpc) is 2.33. The number of benzene rings is 1. The largest absolute Gasteiger partial charge is 0.496 e. The minimum absolute atomic E-state index is 0.377. The Bertz CT molecular complexity index is 394. The van der Waals surface area contributed by atoms with E-state index in [1.165, 1.54) is 30.4 Å². The van der Waals surface area contributed by atoms with E-state index in [-0.39, 0.29) is 0 Å². The first-order valence-electron chi connectivity index (χ1n) is 6.73. The Morgan fingerprint density at radius 2 is 2.17 bits per heavy atom. The third kappa shape index (κ3) is 2.85. The summed E-state index contributed by atoms with van der Waals surface area (Å²) in [5.41, 5.74) is 8.72. The van der Waals surface area contributed by atoms with Crippen molar-refractivity contribution in [1.82, 2.24) is 5.32 Å². The summed E-state index contributed by atoms with van der Waals surface area (Å²) in [6, 6.07) is 6.34. The molecule has 18 heavy (non-hydrogen) atoms. The number of nitrogens with two attached hydrogens (primary N) is 1. The first-order chi connectivity index (χ1) is 8.69. The maximum Gasteiger partial charge on any atom is 0.121 e. The highest BCUT2D eigenvalue weighted by atomic mass is 16.5. The van der Waals surface area contributed by atoms with Crippen LogP contribution in [0.5, 0.6) is 5.75 Å². The van der Waals surface area contributed by atoms with E-state index in [0.29, 0.717) is 5.41 Å². The Balaban J connectivity index is 1.85. The third-order valence-corrected chi connectivity index (χ3v) is 4.14. The Morgan fingerprint density at radius 3 is 2.67 bits per heavy atom. The molecule has 0 spiro atoms. The fourth-order valence-corrected chi connectivity index (χ4v) is 2.65. The molecule has 1 aliphatic carbocycles. The van der Waals surface area contributed by atoms with E-state index in [4.69, 9.17) is 10.5 Å². The molecule has 0 aliphatic heterocycles. The van der Waals surface area contributed by atoms with Gasteiger partial charge in [-0.15, -0.1) is 0 Å². The van der Waals surface area contributed by atoms with Crippen molar-refractivity contribution in [3.63, 3.8) is 0 Å². The molecule has 0 radical (unpaired) electrons. The number of rotatable bonds is 6. The lowest BCUT2D eigenvalue weighted by Crippen LogP contribution is -2.45. The van der Waals surface area contributed by atoms with Crippen molar-refractivity contribution in [1.29, 1.82) is 0 Å². The Hall–Kier alpha value is -1.06. The second kappa shape index (κ2) is 5.72. The molecule has 0 bridgehead atoms. The summed E-state index contributed by atoms with van der Waals surface area (Å²) in [5, 5.41) is 3.54. The zero-order valence-corrected chi connectivity index (χ0v) is 11.5. The molecule has 3 nitrogen and oxygen atoms in total. The van der Waals surface area contributed by atoms with Crippen LogP contribution < -0.4 is 15.8 Å². The lowest BCUT2D eigenvalue weighted by atomic mass is 9.69. The van der Waals surface area contributed by atoms with E-state index >= 15 is 0 Å². The lowest BCUT2D eigenvalue weighted by molar-refractivity contribution is 0.141. The molecule has 3 N–H and O–H groups in total. The predicted octanol–water partition coefficient (Wildman–Crippen LogP) is 2.22. The van der Waals surface area contributed by atoms with Crippen LogP contribution >= 0.6 is 0 Å². The Labute approximate surface area is 110 Å². The molecule has 2 rings (SSSR count). The normalized spacial score (nSPS) is 17.3. The van der Waals surface area contributed by atoms with Crippen LogP contribution in [0.2, 0.25) is 0 Å². The smallest absolute Gasteiger partial charge is 0.121 e. The maximum atomic E-state index is 5.85. The van der Waals surface area contributed by atoms with Crippen LogP contribution in [-0.4, -0.2) is 20.2 Å². The topological polar surface area (TPSA) is 47.3 Å². The standard InChI is InChI=1S/C15H24N2O/c1-12-8-13(4-5-14(12)18-2)9-17-11-15(10-16)6-3-7-15/h4-5,8,17H,3,6-7,9-11,16H2,1-2H3. The zero-order valence-electron chi connectivity index (χ0n) is 11.5. The molecule has 0 saturated heterocycles. The average molecular weight is 248 g/mol. The maximum absolute atomic E-state index is 5.85. The summed E-state index contributed by atoms with van der Waals surface area (Å²) in [6.45, 7) is 4.83. The Morgan fingerprint density at radius 1 is 1.39 bits per heavy atom.